The summed E-state index contributed by atoms with van der Waals surface area (Å²) in [5, 5.41) is 10.8. The highest BCUT2D eigenvalue weighted by Gasteiger charge is 2.37. The minimum absolute atomic E-state index is 0.0796. The Morgan fingerprint density at radius 2 is 1.30 bits per heavy atom. The van der Waals surface area contributed by atoms with Crippen LogP contribution in [0.5, 0.6) is 0 Å². The Hall–Kier alpha value is -5.40. The Bertz CT molecular complexity index is 1490. The third-order valence-electron chi connectivity index (χ3n) is 7.05. The standard InChI is InChI=1S/C34H40N6O7/c1-24(30(42)38-32(37)39(19-11-18-28(35)21-41)33(44)46-22-26-14-7-3-8-15-26)40(34(45)47-23-27-16-9-4-10-17-27)31(43)29(36)20-25-12-5-2-6-13-25/h2-10,12-17,21,24,28-29H,11,18-20,22-23,35-36H2,1H3,(H2,37,38,42)/t24-,28-,29+/m0/s1. The summed E-state index contributed by atoms with van der Waals surface area (Å²) >= 11 is 0. The van der Waals surface area contributed by atoms with Crippen molar-refractivity contribution in [2.45, 2.75) is 57.5 Å². The van der Waals surface area contributed by atoms with Crippen molar-refractivity contribution in [3.8, 4) is 0 Å². The molecule has 0 saturated heterocycles. The van der Waals surface area contributed by atoms with E-state index in [4.69, 9.17) is 26.4 Å². The van der Waals surface area contributed by atoms with E-state index >= 15 is 0 Å². The average molecular weight is 645 g/mol. The third kappa shape index (κ3) is 11.5. The number of hydrogen-bond donors (Lipinski definition) is 4. The van der Waals surface area contributed by atoms with Crippen molar-refractivity contribution in [1.82, 2.24) is 15.1 Å². The Kier molecular flexibility index (Phi) is 14.2. The van der Waals surface area contributed by atoms with Gasteiger partial charge in [0, 0.05) is 6.54 Å². The third-order valence-corrected chi connectivity index (χ3v) is 7.05. The van der Waals surface area contributed by atoms with Gasteiger partial charge in [-0.1, -0.05) is 91.0 Å². The van der Waals surface area contributed by atoms with Crippen LogP contribution < -0.4 is 16.8 Å². The van der Waals surface area contributed by atoms with Crippen molar-refractivity contribution in [3.05, 3.63) is 108 Å². The number of nitrogens with zero attached hydrogens (tertiary/aromatic N) is 2. The van der Waals surface area contributed by atoms with Gasteiger partial charge in [-0.15, -0.1) is 0 Å². The normalized spacial score (nSPS) is 12.5. The fraction of sp³-hybridized carbons (Fsp3) is 0.294. The Morgan fingerprint density at radius 3 is 1.81 bits per heavy atom. The number of hydrogen-bond acceptors (Lipinski definition) is 10. The first-order chi connectivity index (χ1) is 22.6. The van der Waals surface area contributed by atoms with Crippen LogP contribution >= 0.6 is 0 Å². The van der Waals surface area contributed by atoms with Gasteiger partial charge < -0.3 is 25.7 Å². The predicted octanol–water partition coefficient (Wildman–Crippen LogP) is 3.11. The molecule has 3 aromatic rings. The molecular formula is C34H40N6O7. The monoisotopic (exact) mass is 644 g/mol. The molecule has 0 radical (unpaired) electrons. The molecule has 0 aromatic heterocycles. The number of amides is 4. The number of carbonyl (C=O) groups excluding carboxylic acids is 5. The van der Waals surface area contributed by atoms with Crippen molar-refractivity contribution in [2.24, 2.45) is 11.5 Å². The fourth-order valence-electron chi connectivity index (χ4n) is 4.41. The van der Waals surface area contributed by atoms with E-state index in [0.717, 1.165) is 10.5 Å². The smallest absolute Gasteiger partial charge is 0.417 e. The largest absolute Gasteiger partial charge is 0.444 e. The molecule has 13 heteroatoms. The zero-order chi connectivity index (χ0) is 34.2. The molecule has 0 aliphatic rings. The highest BCUT2D eigenvalue weighted by Crippen LogP contribution is 2.13. The number of nitrogens with one attached hydrogen (secondary N) is 2. The number of nitrogens with two attached hydrogens (primary N) is 2. The molecule has 0 saturated carbocycles. The zero-order valence-electron chi connectivity index (χ0n) is 26.1. The van der Waals surface area contributed by atoms with Gasteiger partial charge in [-0.25, -0.2) is 19.4 Å². The minimum Gasteiger partial charge on any atom is -0.444 e. The maximum Gasteiger partial charge on any atom is 0.417 e. The SMILES string of the molecule is C[C@@H](C(=O)NC(=N)N(CCC[C@H](N)C=O)C(=O)OCc1ccccc1)N(C(=O)OCc1ccccc1)C(=O)[C@H](N)Cc1ccccc1. The molecule has 248 valence electrons. The number of rotatable bonds is 14. The van der Waals surface area contributed by atoms with Crippen molar-refractivity contribution < 1.29 is 33.4 Å². The van der Waals surface area contributed by atoms with Crippen LogP contribution in [0.15, 0.2) is 91.0 Å². The van der Waals surface area contributed by atoms with E-state index in [-0.39, 0.29) is 39.0 Å². The molecule has 0 bridgehead atoms. The van der Waals surface area contributed by atoms with Gasteiger partial charge in [0.1, 0.15) is 25.5 Å². The number of benzene rings is 3. The lowest BCUT2D eigenvalue weighted by Gasteiger charge is -2.29. The fourth-order valence-corrected chi connectivity index (χ4v) is 4.41. The molecule has 0 aliphatic heterocycles. The molecule has 3 rings (SSSR count). The summed E-state index contributed by atoms with van der Waals surface area (Å²) in [5.74, 6) is -2.50. The van der Waals surface area contributed by atoms with E-state index in [1.54, 1.807) is 84.9 Å². The van der Waals surface area contributed by atoms with Crippen LogP contribution in [0, 0.1) is 5.41 Å². The van der Waals surface area contributed by atoms with Crippen molar-refractivity contribution >= 4 is 36.2 Å². The molecule has 4 amide bonds. The molecule has 0 aliphatic carbocycles. The highest BCUT2D eigenvalue weighted by molar-refractivity contribution is 6.06. The second kappa shape index (κ2) is 18.5. The first-order valence-corrected chi connectivity index (χ1v) is 15.0. The molecule has 3 aromatic carbocycles. The van der Waals surface area contributed by atoms with Crippen molar-refractivity contribution in [3.63, 3.8) is 0 Å². The van der Waals surface area contributed by atoms with Gasteiger partial charge in [-0.2, -0.15) is 0 Å². The van der Waals surface area contributed by atoms with Crippen LogP contribution in [0.3, 0.4) is 0 Å². The quantitative estimate of drug-likeness (QED) is 0.116. The van der Waals surface area contributed by atoms with Crippen LogP contribution in [0.2, 0.25) is 0 Å². The predicted molar refractivity (Wildman–Crippen MR) is 174 cm³/mol. The van der Waals surface area contributed by atoms with E-state index in [1.807, 2.05) is 6.07 Å². The van der Waals surface area contributed by atoms with E-state index in [0.29, 0.717) is 22.3 Å². The number of aldehydes is 1. The molecule has 6 N–H and O–H groups in total. The van der Waals surface area contributed by atoms with Gasteiger partial charge in [0.15, 0.2) is 0 Å². The lowest BCUT2D eigenvalue weighted by molar-refractivity contribution is -0.138. The number of carbonyl (C=O) groups is 5. The molecule has 0 unspecified atom stereocenters. The van der Waals surface area contributed by atoms with Gasteiger partial charge in [-0.05, 0) is 42.9 Å². The number of guanidine groups is 1. The lowest BCUT2D eigenvalue weighted by atomic mass is 10.0. The van der Waals surface area contributed by atoms with Crippen molar-refractivity contribution in [1.29, 1.82) is 5.41 Å². The lowest BCUT2D eigenvalue weighted by Crippen LogP contribution is -2.58. The van der Waals surface area contributed by atoms with Crippen molar-refractivity contribution in [2.75, 3.05) is 6.54 Å². The van der Waals surface area contributed by atoms with Crippen LogP contribution in [-0.4, -0.2) is 70.7 Å². The van der Waals surface area contributed by atoms with Gasteiger partial charge in [-0.3, -0.25) is 20.3 Å². The van der Waals surface area contributed by atoms with E-state index in [1.165, 1.54) is 6.92 Å². The summed E-state index contributed by atoms with van der Waals surface area (Å²) in [4.78, 5) is 65.8. The summed E-state index contributed by atoms with van der Waals surface area (Å²) < 4.78 is 10.7. The molecule has 13 nitrogen and oxygen atoms in total. The maximum absolute atomic E-state index is 13.6. The minimum atomic E-state index is -1.50. The van der Waals surface area contributed by atoms with Crippen LogP contribution in [0.4, 0.5) is 9.59 Å². The number of ether oxygens (including phenoxy) is 2. The second-order valence-corrected chi connectivity index (χ2v) is 10.7. The molecule has 0 spiro atoms. The first kappa shape index (κ1) is 36.1. The highest BCUT2D eigenvalue weighted by atomic mass is 16.6. The Morgan fingerprint density at radius 1 is 0.809 bits per heavy atom. The Labute approximate surface area is 273 Å². The Balaban J connectivity index is 1.77. The van der Waals surface area contributed by atoms with E-state index in [2.05, 4.69) is 5.32 Å². The maximum atomic E-state index is 13.6. The van der Waals surface area contributed by atoms with E-state index in [9.17, 15) is 24.0 Å². The van der Waals surface area contributed by atoms with Crippen LogP contribution in [0.1, 0.15) is 36.5 Å². The van der Waals surface area contributed by atoms with Gasteiger partial charge in [0.05, 0.1) is 12.1 Å². The van der Waals surface area contributed by atoms with Crippen LogP contribution in [-0.2, 0) is 43.5 Å². The molecule has 3 atom stereocenters. The summed E-state index contributed by atoms with van der Waals surface area (Å²) in [6.45, 7) is 0.884. The first-order valence-electron chi connectivity index (χ1n) is 15.0. The van der Waals surface area contributed by atoms with Gasteiger partial charge >= 0.3 is 12.2 Å². The summed E-state index contributed by atoms with van der Waals surface area (Å²) in [7, 11) is 0. The zero-order valence-corrected chi connectivity index (χ0v) is 26.1. The summed E-state index contributed by atoms with van der Waals surface area (Å²) in [6, 6.07) is 23.1. The summed E-state index contributed by atoms with van der Waals surface area (Å²) in [6.07, 6.45) is -0.990. The molecule has 0 fully saturated rings. The molecular weight excluding hydrogens is 604 g/mol. The molecule has 0 heterocycles. The summed E-state index contributed by atoms with van der Waals surface area (Å²) in [5.41, 5.74) is 14.0. The topological polar surface area (TPSA) is 198 Å². The van der Waals surface area contributed by atoms with Crippen LogP contribution in [0.25, 0.3) is 0 Å². The van der Waals surface area contributed by atoms with E-state index < -0.39 is 48.1 Å². The van der Waals surface area contributed by atoms with Gasteiger partial charge in [0.25, 0.3) is 0 Å². The number of imide groups is 1. The average Bonchev–Trinajstić information content (AvgIpc) is 3.09. The van der Waals surface area contributed by atoms with Gasteiger partial charge in [0.2, 0.25) is 17.8 Å². The second-order valence-electron chi connectivity index (χ2n) is 10.7. The molecule has 47 heavy (non-hydrogen) atoms.